The van der Waals surface area contributed by atoms with E-state index in [0.29, 0.717) is 6.04 Å². The van der Waals surface area contributed by atoms with Crippen molar-refractivity contribution in [1.29, 1.82) is 0 Å². The van der Waals surface area contributed by atoms with Crippen molar-refractivity contribution in [3.63, 3.8) is 0 Å². The lowest BCUT2D eigenvalue weighted by atomic mass is 9.50. The number of nitrogens with one attached hydrogen (secondary N) is 1. The molecule has 0 aromatic heterocycles. The number of hydrogen-bond acceptors (Lipinski definition) is 2. The molecule has 4 aliphatic carbocycles. The lowest BCUT2D eigenvalue weighted by Crippen LogP contribution is -2.54. The highest BCUT2D eigenvalue weighted by atomic mass is 15.2. The Morgan fingerprint density at radius 3 is 2.17 bits per heavy atom. The summed E-state index contributed by atoms with van der Waals surface area (Å²) >= 11 is 0. The minimum Gasteiger partial charge on any atom is -0.271 e. The van der Waals surface area contributed by atoms with E-state index in [9.17, 15) is 0 Å². The van der Waals surface area contributed by atoms with Crippen LogP contribution in [0.25, 0.3) is 0 Å². The summed E-state index contributed by atoms with van der Waals surface area (Å²) in [6, 6.07) is 0.525. The molecule has 0 aromatic carbocycles. The predicted octanol–water partition coefficient (Wildman–Crippen LogP) is 3.25. The third-order valence-corrected chi connectivity index (χ3v) is 5.86. The summed E-state index contributed by atoms with van der Waals surface area (Å²) in [7, 11) is 0. The molecular weight excluding hydrogens is 220 g/mol. The molecule has 102 valence electrons. The first kappa shape index (κ1) is 12.7. The minimum atomic E-state index is 0.525. The van der Waals surface area contributed by atoms with Crippen LogP contribution in [0, 0.1) is 29.6 Å². The minimum absolute atomic E-state index is 0.525. The Morgan fingerprint density at radius 1 is 1.17 bits per heavy atom. The van der Waals surface area contributed by atoms with E-state index in [2.05, 4.69) is 18.9 Å². The smallest absolute Gasteiger partial charge is 0.0247 e. The van der Waals surface area contributed by atoms with Crippen molar-refractivity contribution in [2.75, 3.05) is 0 Å². The Bertz CT molecular complexity index is 295. The van der Waals surface area contributed by atoms with E-state index in [4.69, 9.17) is 5.84 Å². The molecule has 0 spiro atoms. The number of hydrogen-bond donors (Lipinski definition) is 2. The maximum atomic E-state index is 5.86. The van der Waals surface area contributed by atoms with Gasteiger partial charge in [-0.3, -0.25) is 11.3 Å². The zero-order valence-corrected chi connectivity index (χ0v) is 11.7. The highest BCUT2D eigenvalue weighted by Crippen LogP contribution is 2.57. The zero-order valence-electron chi connectivity index (χ0n) is 11.7. The third-order valence-electron chi connectivity index (χ3n) is 5.86. The topological polar surface area (TPSA) is 38.0 Å². The van der Waals surface area contributed by atoms with E-state index in [1.165, 1.54) is 44.1 Å². The van der Waals surface area contributed by atoms with Gasteiger partial charge in [-0.25, -0.2) is 0 Å². The standard InChI is InChI=1S/C16H28N2/c1-10(2)3-4-15(18-17)16-13-6-11-5-12(8-13)9-14(16)7-11/h11-16,18H,1,3-9,17H2,2H3. The van der Waals surface area contributed by atoms with Gasteiger partial charge in [-0.2, -0.15) is 0 Å². The molecule has 0 aromatic rings. The second-order valence-electron chi connectivity index (χ2n) is 7.28. The fourth-order valence-corrected chi connectivity index (χ4v) is 5.41. The van der Waals surface area contributed by atoms with Crippen LogP contribution in [0.2, 0.25) is 0 Å². The first-order valence-electron chi connectivity index (χ1n) is 7.78. The molecule has 0 saturated heterocycles. The van der Waals surface area contributed by atoms with Gasteiger partial charge < -0.3 is 0 Å². The number of rotatable bonds is 5. The summed E-state index contributed by atoms with van der Waals surface area (Å²) < 4.78 is 0. The Balaban J connectivity index is 1.68. The molecule has 0 amide bonds. The lowest BCUT2D eigenvalue weighted by Gasteiger charge is -2.56. The number of nitrogens with two attached hydrogens (primary N) is 1. The predicted molar refractivity (Wildman–Crippen MR) is 75.7 cm³/mol. The van der Waals surface area contributed by atoms with Crippen molar-refractivity contribution < 1.29 is 0 Å². The molecule has 4 fully saturated rings. The summed E-state index contributed by atoms with van der Waals surface area (Å²) in [6.07, 6.45) is 9.79. The van der Waals surface area contributed by atoms with Crippen LogP contribution in [0.4, 0.5) is 0 Å². The monoisotopic (exact) mass is 248 g/mol. The first-order valence-corrected chi connectivity index (χ1v) is 7.78. The van der Waals surface area contributed by atoms with Crippen molar-refractivity contribution in [3.8, 4) is 0 Å². The SMILES string of the molecule is C=C(C)CCC(NN)C1C2CC3CC(C2)CC1C3. The molecule has 0 aliphatic heterocycles. The molecule has 0 heterocycles. The van der Waals surface area contributed by atoms with Crippen LogP contribution >= 0.6 is 0 Å². The quantitative estimate of drug-likeness (QED) is 0.445. The van der Waals surface area contributed by atoms with Gasteiger partial charge in [0.25, 0.3) is 0 Å². The van der Waals surface area contributed by atoms with E-state index < -0.39 is 0 Å². The van der Waals surface area contributed by atoms with Crippen LogP contribution in [0.3, 0.4) is 0 Å². The molecule has 4 bridgehead atoms. The third kappa shape index (κ3) is 2.25. The van der Waals surface area contributed by atoms with Crippen molar-refractivity contribution in [1.82, 2.24) is 5.43 Å². The van der Waals surface area contributed by atoms with Crippen LogP contribution < -0.4 is 11.3 Å². The molecule has 1 atom stereocenters. The Morgan fingerprint density at radius 2 is 1.72 bits per heavy atom. The Hall–Kier alpha value is -0.340. The Kier molecular flexibility index (Phi) is 3.50. The average Bonchev–Trinajstić information content (AvgIpc) is 2.31. The second kappa shape index (κ2) is 4.97. The fourth-order valence-electron chi connectivity index (χ4n) is 5.41. The summed E-state index contributed by atoms with van der Waals surface area (Å²) in [5.74, 6) is 10.8. The maximum Gasteiger partial charge on any atom is 0.0247 e. The largest absolute Gasteiger partial charge is 0.271 e. The Labute approximate surface area is 111 Å². The van der Waals surface area contributed by atoms with Crippen LogP contribution in [-0.2, 0) is 0 Å². The van der Waals surface area contributed by atoms with Gasteiger partial charge in [0, 0.05) is 6.04 Å². The molecule has 4 saturated carbocycles. The number of hydrazine groups is 1. The van der Waals surface area contributed by atoms with E-state index >= 15 is 0 Å². The van der Waals surface area contributed by atoms with Gasteiger partial charge in [0.2, 0.25) is 0 Å². The summed E-state index contributed by atoms with van der Waals surface area (Å²) in [5, 5.41) is 0. The van der Waals surface area contributed by atoms with Gasteiger partial charge in [0.05, 0.1) is 0 Å². The van der Waals surface area contributed by atoms with Crippen LogP contribution in [0.1, 0.15) is 51.9 Å². The van der Waals surface area contributed by atoms with E-state index in [1.54, 1.807) is 0 Å². The van der Waals surface area contributed by atoms with Gasteiger partial charge in [-0.1, -0.05) is 5.57 Å². The van der Waals surface area contributed by atoms with E-state index in [-0.39, 0.29) is 0 Å². The maximum absolute atomic E-state index is 5.86. The first-order chi connectivity index (χ1) is 8.67. The molecule has 3 N–H and O–H groups in total. The molecule has 18 heavy (non-hydrogen) atoms. The second-order valence-corrected chi connectivity index (χ2v) is 7.28. The summed E-state index contributed by atoms with van der Waals surface area (Å²) in [6.45, 7) is 6.16. The molecule has 4 aliphatic rings. The highest BCUT2D eigenvalue weighted by Gasteiger charge is 2.50. The summed E-state index contributed by atoms with van der Waals surface area (Å²) in [5.41, 5.74) is 4.44. The highest BCUT2D eigenvalue weighted by molar-refractivity contribution is 5.02. The van der Waals surface area contributed by atoms with Crippen LogP contribution in [-0.4, -0.2) is 6.04 Å². The normalized spacial score (nSPS) is 43.1. The molecule has 2 nitrogen and oxygen atoms in total. The molecule has 4 rings (SSSR count). The van der Waals surface area contributed by atoms with Gasteiger partial charge in [0.15, 0.2) is 0 Å². The number of allylic oxidation sites excluding steroid dienone is 1. The fraction of sp³-hybridized carbons (Fsp3) is 0.875. The molecular formula is C16H28N2. The van der Waals surface area contributed by atoms with Gasteiger partial charge >= 0.3 is 0 Å². The van der Waals surface area contributed by atoms with Gasteiger partial charge in [-0.05, 0) is 81.5 Å². The molecule has 1 unspecified atom stereocenters. The van der Waals surface area contributed by atoms with Crippen LogP contribution in [0.5, 0.6) is 0 Å². The summed E-state index contributed by atoms with van der Waals surface area (Å²) in [4.78, 5) is 0. The van der Waals surface area contributed by atoms with E-state index in [0.717, 1.165) is 36.0 Å². The van der Waals surface area contributed by atoms with Crippen LogP contribution in [0.15, 0.2) is 12.2 Å². The van der Waals surface area contributed by atoms with E-state index in [1.807, 2.05) is 0 Å². The zero-order chi connectivity index (χ0) is 12.7. The van der Waals surface area contributed by atoms with Crippen molar-refractivity contribution in [3.05, 3.63) is 12.2 Å². The lowest BCUT2D eigenvalue weighted by molar-refractivity contribution is -0.0529. The molecule has 0 radical (unpaired) electrons. The van der Waals surface area contributed by atoms with Crippen molar-refractivity contribution >= 4 is 0 Å². The van der Waals surface area contributed by atoms with Gasteiger partial charge in [-0.15, -0.1) is 6.58 Å². The average molecular weight is 248 g/mol. The van der Waals surface area contributed by atoms with Crippen molar-refractivity contribution in [2.24, 2.45) is 35.4 Å². The molecule has 2 heteroatoms. The van der Waals surface area contributed by atoms with Gasteiger partial charge in [0.1, 0.15) is 0 Å². The van der Waals surface area contributed by atoms with Crippen molar-refractivity contribution in [2.45, 2.75) is 57.9 Å².